The predicted molar refractivity (Wildman–Crippen MR) is 51.4 cm³/mol. The van der Waals surface area contributed by atoms with E-state index >= 15 is 0 Å². The fourth-order valence-electron chi connectivity index (χ4n) is 0.785. The first-order valence-electron chi connectivity index (χ1n) is 3.84. The molecule has 0 radical (unpaired) electrons. The van der Waals surface area contributed by atoms with E-state index in [-0.39, 0.29) is 51.5 Å². The Bertz CT molecular complexity index is 256. The van der Waals surface area contributed by atoms with Crippen LogP contribution in [0.3, 0.4) is 0 Å². The summed E-state index contributed by atoms with van der Waals surface area (Å²) in [5.74, 6) is 0.278. The molecule has 0 atom stereocenters. The average molecular weight is 271 g/mol. The van der Waals surface area contributed by atoms with E-state index in [0.717, 1.165) is 0 Å². The van der Waals surface area contributed by atoms with Crippen molar-refractivity contribution in [1.29, 1.82) is 0 Å². The largest absolute Gasteiger partial charge is 2.00 e. The third-order valence-electron chi connectivity index (χ3n) is 1.16. The minimum absolute atomic E-state index is 0. The topological polar surface area (TPSA) is 9.23 Å². The van der Waals surface area contributed by atoms with Crippen LogP contribution in [0.25, 0.3) is 0 Å². The van der Waals surface area contributed by atoms with Gasteiger partial charge in [0.15, 0.2) is 0 Å². The Hall–Kier alpha value is 0.196. The Kier molecular flexibility index (Phi) is 7.88. The van der Waals surface area contributed by atoms with E-state index in [1.54, 1.807) is 6.07 Å². The van der Waals surface area contributed by atoms with Gasteiger partial charge in [-0.3, -0.25) is 4.39 Å². The molecule has 0 spiro atoms. The second kappa shape index (κ2) is 6.64. The van der Waals surface area contributed by atoms with Crippen molar-refractivity contribution in [1.82, 2.24) is 0 Å². The second-order valence-electron chi connectivity index (χ2n) is 3.59. The monoisotopic (exact) mass is 270 g/mol. The van der Waals surface area contributed by atoms with Crippen LogP contribution in [0.4, 0.5) is 4.39 Å². The van der Waals surface area contributed by atoms with E-state index in [2.05, 4.69) is 6.07 Å². The smallest absolute Gasteiger partial charge is 1.00 e. The summed E-state index contributed by atoms with van der Waals surface area (Å²) >= 11 is 0. The minimum Gasteiger partial charge on any atom is -1.00 e. The van der Waals surface area contributed by atoms with Crippen molar-refractivity contribution in [3.63, 3.8) is 0 Å². The van der Waals surface area contributed by atoms with Gasteiger partial charge >= 0.3 is 23.1 Å². The molecular weight excluding hydrogens is 259 g/mol. The van der Waals surface area contributed by atoms with Crippen LogP contribution in [0.15, 0.2) is 18.2 Å². The number of hydrogen-bond acceptors (Lipinski definition) is 1. The van der Waals surface area contributed by atoms with Crippen LogP contribution in [0.2, 0.25) is 0 Å². The first-order valence-corrected chi connectivity index (χ1v) is 3.84. The fraction of sp³-hybridized carbons (Fsp3) is 0.400. The molecular formula is C10H12BrFMgO. The molecule has 1 nitrogen and oxygen atoms in total. The van der Waals surface area contributed by atoms with Crippen molar-refractivity contribution in [2.75, 3.05) is 0 Å². The van der Waals surface area contributed by atoms with Gasteiger partial charge < -0.3 is 21.7 Å². The third kappa shape index (κ3) is 6.62. The summed E-state index contributed by atoms with van der Waals surface area (Å²) in [7, 11) is 0. The first kappa shape index (κ1) is 16.6. The molecule has 1 aromatic rings. The van der Waals surface area contributed by atoms with Crippen molar-refractivity contribution in [3.8, 4) is 5.75 Å². The molecule has 1 aromatic carbocycles. The van der Waals surface area contributed by atoms with Gasteiger partial charge in [0.05, 0.1) is 5.60 Å². The van der Waals surface area contributed by atoms with Crippen LogP contribution >= 0.6 is 0 Å². The molecule has 0 amide bonds. The van der Waals surface area contributed by atoms with Gasteiger partial charge in [-0.25, -0.2) is 0 Å². The molecule has 0 saturated heterocycles. The van der Waals surface area contributed by atoms with Gasteiger partial charge in [0.25, 0.3) is 0 Å². The number of hydrogen-bond donors (Lipinski definition) is 0. The summed E-state index contributed by atoms with van der Waals surface area (Å²) < 4.78 is 17.9. The predicted octanol–water partition coefficient (Wildman–Crippen LogP) is -0.574. The summed E-state index contributed by atoms with van der Waals surface area (Å²) in [5, 5.41) is 0. The van der Waals surface area contributed by atoms with Crippen LogP contribution < -0.4 is 21.7 Å². The molecule has 0 aliphatic heterocycles. The van der Waals surface area contributed by atoms with Crippen molar-refractivity contribution in [3.05, 3.63) is 30.1 Å². The van der Waals surface area contributed by atoms with E-state index in [9.17, 15) is 4.39 Å². The number of halogens is 2. The fourth-order valence-corrected chi connectivity index (χ4v) is 0.785. The maximum absolute atomic E-state index is 12.4. The molecule has 0 saturated carbocycles. The zero-order chi connectivity index (χ0) is 9.19. The molecule has 1 rings (SSSR count). The van der Waals surface area contributed by atoms with Crippen molar-refractivity contribution >= 4 is 23.1 Å². The molecule has 0 unspecified atom stereocenters. The molecule has 0 aromatic heterocycles. The average Bonchev–Trinajstić information content (AvgIpc) is 1.91. The maximum atomic E-state index is 12.4. The summed E-state index contributed by atoms with van der Waals surface area (Å²) in [5.41, 5.74) is -0.256. The van der Waals surface area contributed by atoms with Crippen LogP contribution in [0.5, 0.6) is 5.75 Å². The van der Waals surface area contributed by atoms with Gasteiger partial charge in [-0.15, -0.1) is 24.3 Å². The zero-order valence-electron chi connectivity index (χ0n) is 8.60. The molecule has 0 aliphatic rings. The normalized spacial score (nSPS) is 9.71. The van der Waals surface area contributed by atoms with E-state index < -0.39 is 0 Å². The van der Waals surface area contributed by atoms with E-state index in [1.807, 2.05) is 20.8 Å². The van der Waals surface area contributed by atoms with Crippen LogP contribution in [-0.2, 0) is 0 Å². The van der Waals surface area contributed by atoms with Gasteiger partial charge in [0, 0.05) is 11.6 Å². The number of rotatable bonds is 1. The zero-order valence-corrected chi connectivity index (χ0v) is 11.6. The molecule has 0 aliphatic carbocycles. The quantitative estimate of drug-likeness (QED) is 0.491. The first-order chi connectivity index (χ1) is 5.47. The number of benzene rings is 1. The summed E-state index contributed by atoms with van der Waals surface area (Å²) in [6.45, 7) is 5.80. The van der Waals surface area contributed by atoms with Crippen LogP contribution in [0.1, 0.15) is 20.8 Å². The second-order valence-corrected chi connectivity index (χ2v) is 3.59. The Balaban J connectivity index is 0. The number of ether oxygens (including phenoxy) is 1. The van der Waals surface area contributed by atoms with Crippen LogP contribution in [0, 0.1) is 11.9 Å². The van der Waals surface area contributed by atoms with Crippen molar-refractivity contribution < 1.29 is 26.1 Å². The van der Waals surface area contributed by atoms with Gasteiger partial charge in [-0.1, -0.05) is 0 Å². The summed E-state index contributed by atoms with van der Waals surface area (Å²) in [6, 6.07) is 6.89. The Morgan fingerprint density at radius 3 is 2.21 bits per heavy atom. The SMILES string of the molecule is CC(C)(C)Oc1[c-]cc(F)cc1.[Br-].[Mg+2]. The van der Waals surface area contributed by atoms with Crippen LogP contribution in [-0.4, -0.2) is 28.7 Å². The Labute approximate surface area is 111 Å². The molecule has 0 fully saturated rings. The van der Waals surface area contributed by atoms with Crippen molar-refractivity contribution in [2.45, 2.75) is 26.4 Å². The molecule has 0 N–H and O–H groups in total. The van der Waals surface area contributed by atoms with Gasteiger partial charge in [-0.2, -0.15) is 0 Å². The minimum atomic E-state index is -0.295. The van der Waals surface area contributed by atoms with Gasteiger partial charge in [-0.05, 0) is 20.8 Å². The summed E-state index contributed by atoms with van der Waals surface area (Å²) in [6.07, 6.45) is 0. The van der Waals surface area contributed by atoms with Gasteiger partial charge in [0.1, 0.15) is 0 Å². The molecule has 14 heavy (non-hydrogen) atoms. The third-order valence-corrected chi connectivity index (χ3v) is 1.16. The Morgan fingerprint density at radius 2 is 1.86 bits per heavy atom. The van der Waals surface area contributed by atoms with E-state index in [1.165, 1.54) is 12.1 Å². The van der Waals surface area contributed by atoms with E-state index in [0.29, 0.717) is 5.75 Å². The van der Waals surface area contributed by atoms with Crippen molar-refractivity contribution in [2.24, 2.45) is 0 Å². The molecule has 0 bridgehead atoms. The summed E-state index contributed by atoms with van der Waals surface area (Å²) in [4.78, 5) is 0. The molecule has 0 heterocycles. The maximum Gasteiger partial charge on any atom is 2.00 e. The molecule has 4 heteroatoms. The molecule has 74 valence electrons. The Morgan fingerprint density at radius 1 is 1.29 bits per heavy atom. The van der Waals surface area contributed by atoms with Gasteiger partial charge in [0.2, 0.25) is 0 Å². The standard InChI is InChI=1S/C10H12FO.BrH.Mg/c1-10(2,3)12-9-6-4-8(11)5-7-9;;/h4-6H,1-3H3;1H;/q-1;;+2/p-1. The van der Waals surface area contributed by atoms with E-state index in [4.69, 9.17) is 4.74 Å².